The number of carbonyl (C=O) groups is 3. The fraction of sp³-hybridized carbons (Fsp3) is 0.421. The second-order valence-corrected chi connectivity index (χ2v) is 7.78. The van der Waals surface area contributed by atoms with Crippen LogP contribution in [0.2, 0.25) is 0 Å². The van der Waals surface area contributed by atoms with Crippen molar-refractivity contribution in [3.8, 4) is 11.3 Å². The summed E-state index contributed by atoms with van der Waals surface area (Å²) in [6, 6.07) is 2.49. The molecule has 5 rings (SSSR count). The topological polar surface area (TPSA) is 129 Å². The summed E-state index contributed by atoms with van der Waals surface area (Å²) >= 11 is 0. The van der Waals surface area contributed by atoms with Crippen molar-refractivity contribution < 1.29 is 19.1 Å². The summed E-state index contributed by atoms with van der Waals surface area (Å²) in [7, 11) is 0. The van der Waals surface area contributed by atoms with Gasteiger partial charge in [0, 0.05) is 24.7 Å². The fourth-order valence-corrected chi connectivity index (χ4v) is 4.84. The highest BCUT2D eigenvalue weighted by Gasteiger charge is 2.63. The van der Waals surface area contributed by atoms with Gasteiger partial charge in [0.15, 0.2) is 5.41 Å². The molecule has 2 aromatic rings. The molecular weight excluding hydrogens is 376 g/mol. The van der Waals surface area contributed by atoms with E-state index in [9.17, 15) is 14.4 Å². The number of H-pyrrole nitrogens is 1. The smallest absolute Gasteiger partial charge is 0.328 e. The van der Waals surface area contributed by atoms with Gasteiger partial charge in [-0.25, -0.2) is 4.79 Å². The van der Waals surface area contributed by atoms with E-state index >= 15 is 0 Å². The molecule has 150 valence electrons. The first-order chi connectivity index (χ1) is 13.9. The van der Waals surface area contributed by atoms with Crippen molar-refractivity contribution in [2.45, 2.75) is 38.5 Å². The highest BCUT2D eigenvalue weighted by molar-refractivity contribution is 6.20. The number of imide groups is 2. The van der Waals surface area contributed by atoms with Crippen molar-refractivity contribution in [2.75, 3.05) is 11.4 Å². The summed E-state index contributed by atoms with van der Waals surface area (Å²) in [5, 5.41) is 11.3. The zero-order chi connectivity index (χ0) is 20.3. The Balaban J connectivity index is 1.69. The molecule has 3 atom stereocenters. The second-order valence-electron chi connectivity index (χ2n) is 7.78. The molecule has 29 heavy (non-hydrogen) atoms. The molecule has 0 unspecified atom stereocenters. The van der Waals surface area contributed by atoms with Gasteiger partial charge in [-0.3, -0.25) is 30.3 Å². The minimum atomic E-state index is -1.51. The predicted octanol–water partition coefficient (Wildman–Crippen LogP) is 0.362. The molecule has 2 saturated heterocycles. The quantitative estimate of drug-likeness (QED) is 0.594. The maximum atomic E-state index is 13.1. The third-order valence-corrected chi connectivity index (χ3v) is 5.95. The summed E-state index contributed by atoms with van der Waals surface area (Å²) in [5.41, 5.74) is 1.48. The number of carbonyl (C=O) groups excluding carboxylic acids is 3. The normalized spacial score (nSPS) is 27.9. The van der Waals surface area contributed by atoms with Gasteiger partial charge in [-0.2, -0.15) is 5.10 Å². The van der Waals surface area contributed by atoms with E-state index in [-0.39, 0.29) is 12.5 Å². The molecule has 3 N–H and O–H groups in total. The summed E-state index contributed by atoms with van der Waals surface area (Å²) in [4.78, 5) is 44.7. The first-order valence-corrected chi connectivity index (χ1v) is 9.48. The fourth-order valence-electron chi connectivity index (χ4n) is 4.84. The van der Waals surface area contributed by atoms with Crippen LogP contribution in [0.3, 0.4) is 0 Å². The van der Waals surface area contributed by atoms with Crippen LogP contribution in [0, 0.1) is 5.41 Å². The zero-order valence-corrected chi connectivity index (χ0v) is 15.9. The Morgan fingerprint density at radius 1 is 1.17 bits per heavy atom. The number of morpholine rings is 1. The molecule has 5 heterocycles. The Kier molecular flexibility index (Phi) is 3.75. The van der Waals surface area contributed by atoms with Crippen LogP contribution in [0.5, 0.6) is 0 Å². The molecule has 3 aliphatic rings. The zero-order valence-electron chi connectivity index (χ0n) is 15.9. The number of pyridine rings is 1. The average Bonchev–Trinajstić information content (AvgIpc) is 3.20. The molecule has 2 aromatic heterocycles. The van der Waals surface area contributed by atoms with Gasteiger partial charge >= 0.3 is 6.03 Å². The number of aromatic amines is 1. The molecule has 0 saturated carbocycles. The second kappa shape index (κ2) is 6.11. The molecule has 3 aliphatic heterocycles. The highest BCUT2D eigenvalue weighted by atomic mass is 16.5. The van der Waals surface area contributed by atoms with Gasteiger partial charge in [0.25, 0.3) is 0 Å². The number of nitrogens with zero attached hydrogens (tertiary/aromatic N) is 3. The van der Waals surface area contributed by atoms with Crippen molar-refractivity contribution in [1.29, 1.82) is 0 Å². The van der Waals surface area contributed by atoms with Crippen LogP contribution in [0.4, 0.5) is 10.5 Å². The van der Waals surface area contributed by atoms with Gasteiger partial charge in [0.2, 0.25) is 11.8 Å². The Morgan fingerprint density at radius 2 is 1.93 bits per heavy atom. The first kappa shape index (κ1) is 17.8. The molecule has 4 amide bonds. The van der Waals surface area contributed by atoms with E-state index in [4.69, 9.17) is 9.72 Å². The van der Waals surface area contributed by atoms with Crippen LogP contribution in [-0.4, -0.2) is 57.8 Å². The van der Waals surface area contributed by atoms with E-state index in [1.807, 2.05) is 30.9 Å². The van der Waals surface area contributed by atoms with E-state index in [0.29, 0.717) is 17.9 Å². The third-order valence-electron chi connectivity index (χ3n) is 5.95. The van der Waals surface area contributed by atoms with Gasteiger partial charge in [-0.05, 0) is 26.0 Å². The Bertz CT molecular complexity index is 1000. The number of amides is 4. The number of barbiturate groups is 1. The third kappa shape index (κ3) is 2.48. The number of hydrogen-bond donors (Lipinski definition) is 3. The number of hydrogen-bond acceptors (Lipinski definition) is 7. The lowest BCUT2D eigenvalue weighted by molar-refractivity contribution is -0.153. The summed E-state index contributed by atoms with van der Waals surface area (Å²) in [5.74, 6) is -1.24. The van der Waals surface area contributed by atoms with Crippen LogP contribution < -0.4 is 15.5 Å². The summed E-state index contributed by atoms with van der Waals surface area (Å²) in [6.07, 6.45) is 2.98. The van der Waals surface area contributed by atoms with Gasteiger partial charge in [-0.15, -0.1) is 0 Å². The van der Waals surface area contributed by atoms with Crippen LogP contribution in [0.25, 0.3) is 11.3 Å². The van der Waals surface area contributed by atoms with Crippen molar-refractivity contribution in [3.63, 3.8) is 0 Å². The van der Waals surface area contributed by atoms with Crippen molar-refractivity contribution in [2.24, 2.45) is 5.41 Å². The average molecular weight is 396 g/mol. The molecule has 2 fully saturated rings. The predicted molar refractivity (Wildman–Crippen MR) is 101 cm³/mol. The lowest BCUT2D eigenvalue weighted by Gasteiger charge is -2.55. The molecule has 10 heteroatoms. The Morgan fingerprint density at radius 3 is 2.62 bits per heavy atom. The molecule has 1 spiro atoms. The van der Waals surface area contributed by atoms with E-state index < -0.39 is 35.4 Å². The maximum absolute atomic E-state index is 13.1. The monoisotopic (exact) mass is 396 g/mol. The molecule has 0 bridgehead atoms. The van der Waals surface area contributed by atoms with E-state index in [1.54, 1.807) is 12.4 Å². The van der Waals surface area contributed by atoms with Crippen LogP contribution >= 0.6 is 0 Å². The standard InChI is InChI=1S/C19H20N6O4/c1-9-8-25-14-4-3-12(11-6-20-21-7-11)22-13(14)5-19(15(25)10(2)29-9)16(26)23-18(28)24-17(19)27/h3-4,6-7,9-10,15H,5,8H2,1-2H3,(H,20,21)(H2,23,24,26,27,28)/t9-,10+,15-/m1/s1. The van der Waals surface area contributed by atoms with Crippen molar-refractivity contribution in [3.05, 3.63) is 30.2 Å². The van der Waals surface area contributed by atoms with E-state index in [1.165, 1.54) is 0 Å². The van der Waals surface area contributed by atoms with E-state index in [0.717, 1.165) is 11.3 Å². The van der Waals surface area contributed by atoms with E-state index in [2.05, 4.69) is 20.8 Å². The SMILES string of the molecule is C[C@@H]1CN2c3ccc(-c4cn[nH]c4)nc3CC3(C(=O)NC(=O)NC3=O)[C@H]2[C@H](C)O1. The number of urea groups is 1. The molecule has 10 nitrogen and oxygen atoms in total. The number of rotatable bonds is 1. The van der Waals surface area contributed by atoms with Crippen LogP contribution in [-0.2, 0) is 20.7 Å². The van der Waals surface area contributed by atoms with Gasteiger partial charge in [-0.1, -0.05) is 0 Å². The summed E-state index contributed by atoms with van der Waals surface area (Å²) < 4.78 is 5.98. The number of fused-ring (bicyclic) bond motifs is 4. The number of aromatic nitrogens is 3. The van der Waals surface area contributed by atoms with Crippen LogP contribution in [0.15, 0.2) is 24.5 Å². The van der Waals surface area contributed by atoms with Crippen molar-refractivity contribution >= 4 is 23.5 Å². The minimum Gasteiger partial charge on any atom is -0.372 e. The summed E-state index contributed by atoms with van der Waals surface area (Å²) in [6.45, 7) is 4.31. The lowest BCUT2D eigenvalue weighted by atomic mass is 9.67. The highest BCUT2D eigenvalue weighted by Crippen LogP contribution is 2.46. The van der Waals surface area contributed by atoms with Gasteiger partial charge < -0.3 is 9.64 Å². The molecular formula is C19H20N6O4. The first-order valence-electron chi connectivity index (χ1n) is 9.48. The molecule has 0 aromatic carbocycles. The number of ether oxygens (including phenoxy) is 1. The molecule has 0 aliphatic carbocycles. The van der Waals surface area contributed by atoms with Gasteiger partial charge in [0.05, 0.1) is 41.5 Å². The van der Waals surface area contributed by atoms with Crippen LogP contribution in [0.1, 0.15) is 19.5 Å². The molecule has 0 radical (unpaired) electrons. The Hall–Kier alpha value is -3.27. The lowest BCUT2D eigenvalue weighted by Crippen LogP contribution is -2.75. The number of nitrogens with one attached hydrogen (secondary N) is 3. The maximum Gasteiger partial charge on any atom is 0.328 e. The largest absolute Gasteiger partial charge is 0.372 e. The van der Waals surface area contributed by atoms with Crippen molar-refractivity contribution in [1.82, 2.24) is 25.8 Å². The Labute approximate surface area is 166 Å². The minimum absolute atomic E-state index is 0.0716. The number of anilines is 1. The van der Waals surface area contributed by atoms with Gasteiger partial charge in [0.1, 0.15) is 0 Å².